The Hall–Kier alpha value is -2.94. The number of furan rings is 1. The van der Waals surface area contributed by atoms with Crippen molar-refractivity contribution in [3.05, 3.63) is 96.0 Å². The third kappa shape index (κ3) is 6.92. The van der Waals surface area contributed by atoms with Crippen LogP contribution < -0.4 is 4.74 Å². The van der Waals surface area contributed by atoms with Crippen molar-refractivity contribution in [1.29, 1.82) is 0 Å². The smallest absolute Gasteiger partial charge is 0.163 e. The van der Waals surface area contributed by atoms with E-state index in [2.05, 4.69) is 12.1 Å². The number of hydrogen-bond acceptors (Lipinski definition) is 7. The lowest BCUT2D eigenvalue weighted by Gasteiger charge is -2.26. The average molecular weight is 521 g/mol. The minimum Gasteiger partial charge on any atom is -0.497 e. The van der Waals surface area contributed by atoms with Gasteiger partial charge in [-0.1, -0.05) is 42.5 Å². The fraction of sp³-hybridized carbons (Fsp3) is 0.419. The monoisotopic (exact) mass is 520 g/mol. The molecule has 2 fully saturated rings. The lowest BCUT2D eigenvalue weighted by atomic mass is 10.0. The van der Waals surface area contributed by atoms with Crippen molar-refractivity contribution >= 4 is 6.08 Å². The van der Waals surface area contributed by atoms with Crippen LogP contribution in [-0.2, 0) is 36.9 Å². The van der Waals surface area contributed by atoms with Crippen LogP contribution in [-0.4, -0.2) is 50.0 Å². The molecule has 2 aliphatic rings. The molecule has 0 saturated carbocycles. The van der Waals surface area contributed by atoms with Crippen molar-refractivity contribution in [2.24, 2.45) is 0 Å². The number of ether oxygens (including phenoxy) is 6. The van der Waals surface area contributed by atoms with E-state index in [-0.39, 0.29) is 30.5 Å². The van der Waals surface area contributed by atoms with Gasteiger partial charge in [-0.2, -0.15) is 0 Å². The summed E-state index contributed by atoms with van der Waals surface area (Å²) in [6.45, 7) is 5.25. The minimum atomic E-state index is -0.605. The van der Waals surface area contributed by atoms with Gasteiger partial charge in [-0.15, -0.1) is 0 Å². The molecule has 3 heterocycles. The first-order valence-electron chi connectivity index (χ1n) is 13.1. The summed E-state index contributed by atoms with van der Waals surface area (Å²) in [5, 5.41) is 0. The van der Waals surface area contributed by atoms with E-state index in [9.17, 15) is 0 Å². The Labute approximate surface area is 224 Å². The molecule has 0 spiro atoms. The zero-order valence-electron chi connectivity index (χ0n) is 22.2. The van der Waals surface area contributed by atoms with Gasteiger partial charge in [0.15, 0.2) is 5.79 Å². The van der Waals surface area contributed by atoms with Crippen molar-refractivity contribution in [3.63, 3.8) is 0 Å². The molecule has 0 aliphatic carbocycles. The van der Waals surface area contributed by atoms with E-state index >= 15 is 0 Å². The van der Waals surface area contributed by atoms with Crippen LogP contribution in [0.5, 0.6) is 5.75 Å². The van der Waals surface area contributed by atoms with Gasteiger partial charge in [-0.05, 0) is 61.4 Å². The average Bonchev–Trinajstić information content (AvgIpc) is 3.65. The number of benzene rings is 2. The Kier molecular flexibility index (Phi) is 8.61. The highest BCUT2D eigenvalue weighted by molar-refractivity contribution is 5.43. The normalized spacial score (nSPS) is 26.8. The van der Waals surface area contributed by atoms with E-state index in [1.807, 2.05) is 80.6 Å². The van der Waals surface area contributed by atoms with Crippen LogP contribution in [0.25, 0.3) is 6.08 Å². The first kappa shape index (κ1) is 26.7. The molecule has 0 radical (unpaired) electrons. The first-order valence-corrected chi connectivity index (χ1v) is 13.1. The quantitative estimate of drug-likeness (QED) is 0.317. The van der Waals surface area contributed by atoms with Gasteiger partial charge < -0.3 is 32.8 Å². The zero-order valence-corrected chi connectivity index (χ0v) is 22.2. The van der Waals surface area contributed by atoms with Crippen molar-refractivity contribution in [2.45, 2.75) is 69.8 Å². The molecule has 7 nitrogen and oxygen atoms in total. The van der Waals surface area contributed by atoms with Crippen molar-refractivity contribution in [1.82, 2.24) is 0 Å². The molecule has 3 aromatic rings. The van der Waals surface area contributed by atoms with E-state index in [0.717, 1.165) is 22.6 Å². The van der Waals surface area contributed by atoms with Gasteiger partial charge in [0.2, 0.25) is 0 Å². The Morgan fingerprint density at radius 3 is 2.29 bits per heavy atom. The predicted molar refractivity (Wildman–Crippen MR) is 143 cm³/mol. The molecule has 7 heteroatoms. The van der Waals surface area contributed by atoms with Gasteiger partial charge in [0, 0.05) is 6.42 Å². The summed E-state index contributed by atoms with van der Waals surface area (Å²) in [7, 11) is 1.66. The summed E-state index contributed by atoms with van der Waals surface area (Å²) in [6, 6.07) is 21.8. The molecule has 5 atom stereocenters. The molecular weight excluding hydrogens is 484 g/mol. The van der Waals surface area contributed by atoms with E-state index in [1.54, 1.807) is 13.4 Å². The van der Waals surface area contributed by atoms with E-state index in [1.165, 1.54) is 0 Å². The maximum atomic E-state index is 6.59. The Bertz CT molecular complexity index is 1140. The predicted octanol–water partition coefficient (Wildman–Crippen LogP) is 5.78. The van der Waals surface area contributed by atoms with Gasteiger partial charge in [0.25, 0.3) is 0 Å². The third-order valence-corrected chi connectivity index (χ3v) is 6.79. The highest BCUT2D eigenvalue weighted by atomic mass is 16.7. The van der Waals surface area contributed by atoms with Crippen LogP contribution in [0.15, 0.2) is 83.5 Å². The largest absolute Gasteiger partial charge is 0.497 e. The molecule has 0 bridgehead atoms. The molecule has 0 unspecified atom stereocenters. The van der Waals surface area contributed by atoms with Gasteiger partial charge in [0.1, 0.15) is 29.8 Å². The Morgan fingerprint density at radius 1 is 0.895 bits per heavy atom. The second kappa shape index (κ2) is 12.3. The minimum absolute atomic E-state index is 0.0899. The highest BCUT2D eigenvalue weighted by Gasteiger charge is 2.47. The first-order chi connectivity index (χ1) is 18.5. The molecule has 38 heavy (non-hydrogen) atoms. The maximum Gasteiger partial charge on any atom is 0.163 e. The topological polar surface area (TPSA) is 68.5 Å². The summed E-state index contributed by atoms with van der Waals surface area (Å²) in [6.07, 6.45) is 4.88. The van der Waals surface area contributed by atoms with Gasteiger partial charge in [-0.3, -0.25) is 0 Å². The fourth-order valence-corrected chi connectivity index (χ4v) is 4.89. The molecule has 0 amide bonds. The lowest BCUT2D eigenvalue weighted by Crippen LogP contribution is -2.38. The molecular formula is C31H36O7. The second-order valence-corrected chi connectivity index (χ2v) is 10.1. The SMILES string of the molecule is COc1ccc(CO[C@@H]2[C@@H](OCc3ccccc3)[C@@H](C[C@H]3COC(C)(C)O3)O[C@H]2/C=C/c2ccco2)cc1. The Morgan fingerprint density at radius 2 is 1.63 bits per heavy atom. The van der Waals surface area contributed by atoms with Crippen LogP contribution >= 0.6 is 0 Å². The van der Waals surface area contributed by atoms with Crippen molar-refractivity contribution < 1.29 is 32.8 Å². The highest BCUT2D eigenvalue weighted by Crippen LogP contribution is 2.35. The van der Waals surface area contributed by atoms with Crippen LogP contribution in [0, 0.1) is 0 Å². The summed E-state index contributed by atoms with van der Waals surface area (Å²) in [5.74, 6) is 0.956. The molecule has 2 aliphatic heterocycles. The third-order valence-electron chi connectivity index (χ3n) is 6.79. The van der Waals surface area contributed by atoms with Gasteiger partial charge in [-0.25, -0.2) is 0 Å². The number of hydrogen-bond donors (Lipinski definition) is 0. The van der Waals surface area contributed by atoms with Crippen LogP contribution in [0.4, 0.5) is 0 Å². The van der Waals surface area contributed by atoms with Crippen molar-refractivity contribution in [2.75, 3.05) is 13.7 Å². The Balaban J connectivity index is 1.37. The molecule has 0 N–H and O–H groups in total. The van der Waals surface area contributed by atoms with Crippen molar-refractivity contribution in [3.8, 4) is 5.75 Å². The number of rotatable bonds is 11. The van der Waals surface area contributed by atoms with Crippen LogP contribution in [0.1, 0.15) is 37.2 Å². The summed E-state index contributed by atoms with van der Waals surface area (Å²) in [5.41, 5.74) is 2.13. The molecule has 5 rings (SSSR count). The fourth-order valence-electron chi connectivity index (χ4n) is 4.89. The van der Waals surface area contributed by atoms with Gasteiger partial charge in [0.05, 0.1) is 45.4 Å². The van der Waals surface area contributed by atoms with Crippen LogP contribution in [0.2, 0.25) is 0 Å². The molecule has 1 aromatic heterocycles. The van der Waals surface area contributed by atoms with Crippen LogP contribution in [0.3, 0.4) is 0 Å². The maximum absolute atomic E-state index is 6.59. The van der Waals surface area contributed by atoms with Gasteiger partial charge >= 0.3 is 0 Å². The number of methoxy groups -OCH3 is 1. The molecule has 2 aromatic carbocycles. The summed E-state index contributed by atoms with van der Waals surface area (Å²) >= 11 is 0. The molecule has 2 saturated heterocycles. The van der Waals surface area contributed by atoms with E-state index in [4.69, 9.17) is 32.8 Å². The molecule has 202 valence electrons. The standard InChI is InChI=1S/C31H36O7/c1-31(2)36-21-26(38-31)18-28-30(35-19-22-8-5-4-6-9-22)29(27(37-28)16-15-25-10-7-17-33-25)34-20-23-11-13-24(32-3)14-12-23/h4-17,26-30H,18-21H2,1-3H3/b16-15+/t26-,27-,28+,29-,30-/m0/s1. The summed E-state index contributed by atoms with van der Waals surface area (Å²) < 4.78 is 42.4. The lowest BCUT2D eigenvalue weighted by molar-refractivity contribution is -0.145. The van der Waals surface area contributed by atoms with E-state index < -0.39 is 5.79 Å². The van der Waals surface area contributed by atoms with E-state index in [0.29, 0.717) is 26.2 Å². The second-order valence-electron chi connectivity index (χ2n) is 10.1. The summed E-state index contributed by atoms with van der Waals surface area (Å²) in [4.78, 5) is 0. The zero-order chi connectivity index (χ0) is 26.4.